The maximum Gasteiger partial charge on any atom is 0.246 e. The number of piperidine rings is 1. The highest BCUT2D eigenvalue weighted by Gasteiger charge is 2.22. The average molecular weight is 325 g/mol. The van der Waals surface area contributed by atoms with E-state index in [2.05, 4.69) is 0 Å². The minimum Gasteiger partial charge on any atom is -0.370 e. The van der Waals surface area contributed by atoms with Crippen LogP contribution in [-0.4, -0.2) is 29.8 Å². The molecule has 0 aromatic heterocycles. The fourth-order valence-electron chi connectivity index (χ4n) is 2.57. The van der Waals surface area contributed by atoms with Crippen LogP contribution in [0.2, 0.25) is 5.02 Å². The molecule has 2 N–H and O–H groups in total. The van der Waals surface area contributed by atoms with Gasteiger partial charge in [-0.2, -0.15) is 0 Å². The quantitative estimate of drug-likeness (QED) is 0.865. The van der Waals surface area contributed by atoms with Crippen LogP contribution in [0.1, 0.15) is 24.8 Å². The van der Waals surface area contributed by atoms with Gasteiger partial charge in [-0.25, -0.2) is 4.39 Å². The Morgan fingerprint density at radius 2 is 2.05 bits per heavy atom. The molecule has 2 amide bonds. The Kier molecular flexibility index (Phi) is 5.55. The van der Waals surface area contributed by atoms with E-state index in [9.17, 15) is 14.0 Å². The Labute approximate surface area is 133 Å². The Balaban J connectivity index is 1.93. The molecule has 1 aliphatic heterocycles. The normalized spacial score (nSPS) is 16.2. The van der Waals surface area contributed by atoms with Crippen LogP contribution < -0.4 is 5.73 Å². The Morgan fingerprint density at radius 1 is 1.36 bits per heavy atom. The van der Waals surface area contributed by atoms with Crippen molar-refractivity contribution in [2.75, 3.05) is 13.1 Å². The first-order chi connectivity index (χ1) is 10.5. The standard InChI is InChI=1S/C16H18ClFN2O2/c17-13-2-1-3-14(18)12(13)4-5-16(22)20-8-6-11(7-9-20)10-15(19)21/h1-5,11H,6-10H2,(H2,19,21)/b5-4+. The second-order valence-electron chi connectivity index (χ2n) is 5.41. The van der Waals surface area contributed by atoms with Crippen LogP contribution in [0, 0.1) is 11.7 Å². The summed E-state index contributed by atoms with van der Waals surface area (Å²) in [6.45, 7) is 1.15. The zero-order chi connectivity index (χ0) is 16.1. The number of halogens is 2. The number of likely N-dealkylation sites (tertiary alicyclic amines) is 1. The topological polar surface area (TPSA) is 63.4 Å². The lowest BCUT2D eigenvalue weighted by Crippen LogP contribution is -2.38. The molecular formula is C16H18ClFN2O2. The van der Waals surface area contributed by atoms with Crippen LogP contribution in [-0.2, 0) is 9.59 Å². The molecule has 0 unspecified atom stereocenters. The van der Waals surface area contributed by atoms with Gasteiger partial charge in [0.05, 0.1) is 5.02 Å². The van der Waals surface area contributed by atoms with Crippen molar-refractivity contribution in [2.45, 2.75) is 19.3 Å². The summed E-state index contributed by atoms with van der Waals surface area (Å²) in [5.41, 5.74) is 5.39. The van der Waals surface area contributed by atoms with Gasteiger partial charge in [0.1, 0.15) is 5.82 Å². The van der Waals surface area contributed by atoms with Gasteiger partial charge in [-0.15, -0.1) is 0 Å². The summed E-state index contributed by atoms with van der Waals surface area (Å²) < 4.78 is 13.6. The van der Waals surface area contributed by atoms with Gasteiger partial charge in [-0.3, -0.25) is 9.59 Å². The van der Waals surface area contributed by atoms with Crippen LogP contribution in [0.4, 0.5) is 4.39 Å². The highest BCUT2D eigenvalue weighted by atomic mass is 35.5. The van der Waals surface area contributed by atoms with E-state index in [4.69, 9.17) is 17.3 Å². The average Bonchev–Trinajstić information content (AvgIpc) is 2.46. The van der Waals surface area contributed by atoms with Crippen molar-refractivity contribution in [3.63, 3.8) is 0 Å². The van der Waals surface area contributed by atoms with E-state index in [1.165, 1.54) is 24.3 Å². The van der Waals surface area contributed by atoms with Crippen LogP contribution in [0.5, 0.6) is 0 Å². The van der Waals surface area contributed by atoms with E-state index in [1.54, 1.807) is 11.0 Å². The molecule has 6 heteroatoms. The Morgan fingerprint density at radius 3 is 2.64 bits per heavy atom. The fourth-order valence-corrected chi connectivity index (χ4v) is 2.80. The Bertz CT molecular complexity index is 576. The smallest absolute Gasteiger partial charge is 0.246 e. The lowest BCUT2D eigenvalue weighted by atomic mass is 9.93. The third kappa shape index (κ3) is 4.31. The molecule has 0 spiro atoms. The summed E-state index contributed by atoms with van der Waals surface area (Å²) in [6.07, 6.45) is 4.60. The summed E-state index contributed by atoms with van der Waals surface area (Å²) in [7, 11) is 0. The van der Waals surface area contributed by atoms with E-state index in [1.807, 2.05) is 0 Å². The van der Waals surface area contributed by atoms with Crippen LogP contribution >= 0.6 is 11.6 Å². The summed E-state index contributed by atoms with van der Waals surface area (Å²) in [5, 5.41) is 0.268. The summed E-state index contributed by atoms with van der Waals surface area (Å²) >= 11 is 5.91. The molecule has 22 heavy (non-hydrogen) atoms. The molecule has 0 aliphatic carbocycles. The van der Waals surface area contributed by atoms with Crippen LogP contribution in [0.25, 0.3) is 6.08 Å². The highest BCUT2D eigenvalue weighted by molar-refractivity contribution is 6.32. The van der Waals surface area contributed by atoms with Gasteiger partial charge in [0.2, 0.25) is 11.8 Å². The number of carbonyl (C=O) groups excluding carboxylic acids is 2. The van der Waals surface area contributed by atoms with E-state index in [0.29, 0.717) is 19.5 Å². The van der Waals surface area contributed by atoms with Crippen molar-refractivity contribution >= 4 is 29.5 Å². The van der Waals surface area contributed by atoms with Crippen molar-refractivity contribution < 1.29 is 14.0 Å². The molecule has 0 radical (unpaired) electrons. The summed E-state index contributed by atoms with van der Waals surface area (Å²) in [6, 6.07) is 4.38. The number of benzene rings is 1. The highest BCUT2D eigenvalue weighted by Crippen LogP contribution is 2.22. The van der Waals surface area contributed by atoms with Gasteiger partial charge >= 0.3 is 0 Å². The molecule has 1 fully saturated rings. The molecule has 1 saturated heterocycles. The van der Waals surface area contributed by atoms with Crippen LogP contribution in [0.3, 0.4) is 0 Å². The minimum absolute atomic E-state index is 0.183. The van der Waals surface area contributed by atoms with E-state index in [0.717, 1.165) is 12.8 Å². The molecule has 2 rings (SSSR count). The first kappa shape index (κ1) is 16.5. The van der Waals surface area contributed by atoms with Crippen LogP contribution in [0.15, 0.2) is 24.3 Å². The zero-order valence-electron chi connectivity index (χ0n) is 12.1. The fraction of sp³-hybridized carbons (Fsp3) is 0.375. The molecule has 1 aromatic carbocycles. The second-order valence-corrected chi connectivity index (χ2v) is 5.81. The number of nitrogens with zero attached hydrogens (tertiary/aromatic N) is 1. The van der Waals surface area contributed by atoms with Crippen molar-refractivity contribution in [1.29, 1.82) is 0 Å². The molecule has 1 heterocycles. The van der Waals surface area contributed by atoms with Gasteiger partial charge in [-0.1, -0.05) is 17.7 Å². The third-order valence-electron chi connectivity index (χ3n) is 3.81. The number of carbonyl (C=O) groups is 2. The molecule has 1 aromatic rings. The molecule has 0 saturated carbocycles. The van der Waals surface area contributed by atoms with Crippen molar-refractivity contribution in [2.24, 2.45) is 11.7 Å². The van der Waals surface area contributed by atoms with E-state index < -0.39 is 5.82 Å². The summed E-state index contributed by atoms with van der Waals surface area (Å²) in [4.78, 5) is 24.7. The molecule has 118 valence electrons. The van der Waals surface area contributed by atoms with Gasteiger partial charge < -0.3 is 10.6 Å². The number of hydrogen-bond donors (Lipinski definition) is 1. The van der Waals surface area contributed by atoms with Gasteiger partial charge in [0.15, 0.2) is 0 Å². The minimum atomic E-state index is -0.461. The van der Waals surface area contributed by atoms with Gasteiger partial charge in [0, 0.05) is 31.1 Å². The number of hydrogen-bond acceptors (Lipinski definition) is 2. The van der Waals surface area contributed by atoms with Crippen molar-refractivity contribution in [3.8, 4) is 0 Å². The zero-order valence-corrected chi connectivity index (χ0v) is 12.9. The Hall–Kier alpha value is -1.88. The number of rotatable bonds is 4. The van der Waals surface area contributed by atoms with Gasteiger partial charge in [0.25, 0.3) is 0 Å². The second kappa shape index (κ2) is 7.40. The first-order valence-electron chi connectivity index (χ1n) is 7.16. The predicted octanol–water partition coefficient (Wildman–Crippen LogP) is 2.61. The maximum absolute atomic E-state index is 13.6. The van der Waals surface area contributed by atoms with E-state index in [-0.39, 0.29) is 28.3 Å². The van der Waals surface area contributed by atoms with Crippen molar-refractivity contribution in [1.82, 2.24) is 4.90 Å². The largest absolute Gasteiger partial charge is 0.370 e. The molecule has 1 aliphatic rings. The molecule has 0 atom stereocenters. The van der Waals surface area contributed by atoms with Crippen molar-refractivity contribution in [3.05, 3.63) is 40.7 Å². The molecule has 0 bridgehead atoms. The number of primary amides is 1. The molecule has 4 nitrogen and oxygen atoms in total. The maximum atomic E-state index is 13.6. The molecular weight excluding hydrogens is 307 g/mol. The van der Waals surface area contributed by atoms with Gasteiger partial charge in [-0.05, 0) is 37.0 Å². The first-order valence-corrected chi connectivity index (χ1v) is 7.54. The summed E-state index contributed by atoms with van der Waals surface area (Å²) in [5.74, 6) is -0.709. The number of amides is 2. The van der Waals surface area contributed by atoms with E-state index >= 15 is 0 Å². The monoisotopic (exact) mass is 324 g/mol. The SMILES string of the molecule is NC(=O)CC1CCN(C(=O)/C=C/c2c(F)cccc2Cl)CC1. The number of nitrogens with two attached hydrogens (primary N) is 1. The predicted molar refractivity (Wildman–Crippen MR) is 83.6 cm³/mol. The third-order valence-corrected chi connectivity index (χ3v) is 4.14. The lowest BCUT2D eigenvalue weighted by molar-refractivity contribution is -0.127. The lowest BCUT2D eigenvalue weighted by Gasteiger charge is -2.30.